The minimum absolute atomic E-state index is 0.0575. The van der Waals surface area contributed by atoms with Crippen molar-refractivity contribution in [3.8, 4) is 0 Å². The summed E-state index contributed by atoms with van der Waals surface area (Å²) in [5, 5.41) is 2.27. The lowest BCUT2D eigenvalue weighted by Gasteiger charge is -2.10. The predicted molar refractivity (Wildman–Crippen MR) is 104 cm³/mol. The lowest BCUT2D eigenvalue weighted by molar-refractivity contribution is -0.117. The van der Waals surface area contributed by atoms with Crippen LogP contribution < -0.4 is 5.32 Å². The van der Waals surface area contributed by atoms with Gasteiger partial charge < -0.3 is 5.32 Å². The molecule has 6 heteroatoms. The number of Topliss-reactive ketones (excluding diaryl/α,β-unsaturated/α-hetero) is 1. The lowest BCUT2D eigenvalue weighted by Crippen LogP contribution is -2.15. The fraction of sp³-hybridized carbons (Fsp3) is 0.130. The topological polar surface area (TPSA) is 46.2 Å². The number of carbonyl (C=O) groups excluding carboxylic acids is 2. The Hall–Kier alpha value is -3.41. The van der Waals surface area contributed by atoms with Crippen LogP contribution in [0.4, 0.5) is 18.9 Å². The summed E-state index contributed by atoms with van der Waals surface area (Å²) in [7, 11) is 0. The zero-order chi connectivity index (χ0) is 21.0. The van der Waals surface area contributed by atoms with Crippen molar-refractivity contribution in [2.24, 2.45) is 0 Å². The zero-order valence-electron chi connectivity index (χ0n) is 15.6. The molecule has 3 aromatic rings. The molecule has 0 saturated heterocycles. The van der Waals surface area contributed by atoms with Gasteiger partial charge in [0.05, 0.1) is 11.3 Å². The van der Waals surface area contributed by atoms with Gasteiger partial charge in [-0.2, -0.15) is 0 Å². The van der Waals surface area contributed by atoms with E-state index in [2.05, 4.69) is 5.32 Å². The number of anilines is 1. The number of aryl methyl sites for hydroxylation is 1. The molecular formula is C23H18F3NO2. The summed E-state index contributed by atoms with van der Waals surface area (Å²) in [4.78, 5) is 24.5. The van der Waals surface area contributed by atoms with E-state index in [0.29, 0.717) is 11.6 Å². The average molecular weight is 397 g/mol. The fourth-order valence-electron chi connectivity index (χ4n) is 2.87. The molecule has 29 heavy (non-hydrogen) atoms. The highest BCUT2D eigenvalue weighted by Crippen LogP contribution is 2.19. The number of hydrogen-bond acceptors (Lipinski definition) is 2. The number of ketones is 1. The van der Waals surface area contributed by atoms with E-state index in [1.807, 2.05) is 31.2 Å². The smallest absolute Gasteiger partial charge is 0.258 e. The monoisotopic (exact) mass is 397 g/mol. The van der Waals surface area contributed by atoms with E-state index in [1.165, 1.54) is 12.1 Å². The molecule has 148 valence electrons. The van der Waals surface area contributed by atoms with Crippen LogP contribution in [0.5, 0.6) is 0 Å². The van der Waals surface area contributed by atoms with E-state index in [9.17, 15) is 22.8 Å². The van der Waals surface area contributed by atoms with Crippen LogP contribution in [0.1, 0.15) is 27.0 Å². The summed E-state index contributed by atoms with van der Waals surface area (Å²) in [5.74, 6) is -3.57. The Bertz CT molecular complexity index is 1060. The van der Waals surface area contributed by atoms with Crippen molar-refractivity contribution in [1.29, 1.82) is 0 Å². The molecule has 0 unspecified atom stereocenters. The van der Waals surface area contributed by atoms with Crippen molar-refractivity contribution >= 4 is 17.4 Å². The predicted octanol–water partition coefficient (Wildman–Crippen LogP) is 5.02. The normalized spacial score (nSPS) is 10.6. The summed E-state index contributed by atoms with van der Waals surface area (Å²) in [6.45, 7) is 1.96. The van der Waals surface area contributed by atoms with Crippen LogP contribution in [0.15, 0.2) is 60.7 Å². The summed E-state index contributed by atoms with van der Waals surface area (Å²) in [5.41, 5.74) is 1.89. The Morgan fingerprint density at radius 1 is 0.793 bits per heavy atom. The van der Waals surface area contributed by atoms with Gasteiger partial charge in [0.1, 0.15) is 23.2 Å². The Morgan fingerprint density at radius 2 is 1.45 bits per heavy atom. The van der Waals surface area contributed by atoms with E-state index in [0.717, 1.165) is 29.3 Å². The highest BCUT2D eigenvalue weighted by atomic mass is 19.1. The minimum atomic E-state index is -1.05. The summed E-state index contributed by atoms with van der Waals surface area (Å²) < 4.78 is 40.8. The summed E-state index contributed by atoms with van der Waals surface area (Å²) in [6.07, 6.45) is 0.294. The van der Waals surface area contributed by atoms with E-state index in [1.54, 1.807) is 0 Å². The molecule has 1 amide bonds. The summed E-state index contributed by atoms with van der Waals surface area (Å²) in [6, 6.07) is 14.0. The van der Waals surface area contributed by atoms with Gasteiger partial charge in [-0.1, -0.05) is 35.9 Å². The van der Waals surface area contributed by atoms with Crippen molar-refractivity contribution in [1.82, 2.24) is 0 Å². The number of hydrogen-bond donors (Lipinski definition) is 1. The molecule has 0 aliphatic heterocycles. The van der Waals surface area contributed by atoms with E-state index in [-0.39, 0.29) is 24.3 Å². The van der Waals surface area contributed by atoms with Crippen LogP contribution in [0.3, 0.4) is 0 Å². The second-order valence-electron chi connectivity index (χ2n) is 6.77. The number of rotatable bonds is 6. The number of carbonyl (C=O) groups is 2. The number of amides is 1. The lowest BCUT2D eigenvalue weighted by atomic mass is 10.0. The first kappa shape index (κ1) is 20.3. The van der Waals surface area contributed by atoms with Crippen molar-refractivity contribution in [2.75, 3.05) is 5.32 Å². The highest BCUT2D eigenvalue weighted by molar-refractivity contribution is 6.04. The Balaban J connectivity index is 1.71. The van der Waals surface area contributed by atoms with E-state index >= 15 is 0 Å². The molecule has 3 rings (SSSR count). The highest BCUT2D eigenvalue weighted by Gasteiger charge is 2.15. The molecule has 0 bridgehead atoms. The Kier molecular flexibility index (Phi) is 6.12. The van der Waals surface area contributed by atoms with Gasteiger partial charge in [-0.05, 0) is 42.3 Å². The maximum Gasteiger partial charge on any atom is 0.258 e. The van der Waals surface area contributed by atoms with Gasteiger partial charge in [0, 0.05) is 18.9 Å². The second kappa shape index (κ2) is 8.73. The van der Waals surface area contributed by atoms with Crippen LogP contribution in [0.2, 0.25) is 0 Å². The average Bonchev–Trinajstić information content (AvgIpc) is 2.66. The van der Waals surface area contributed by atoms with Gasteiger partial charge in [-0.3, -0.25) is 9.59 Å². The molecule has 0 radical (unpaired) electrons. The van der Waals surface area contributed by atoms with E-state index < -0.39 is 28.9 Å². The fourth-order valence-corrected chi connectivity index (χ4v) is 2.87. The molecule has 0 spiro atoms. The van der Waals surface area contributed by atoms with Gasteiger partial charge >= 0.3 is 0 Å². The maximum absolute atomic E-state index is 14.1. The third-order valence-corrected chi connectivity index (χ3v) is 4.38. The SMILES string of the molecule is Cc1ccc(CC(=O)Cc2ccc(F)c(NC(=O)c3ccc(F)cc3F)c2)cc1. The molecule has 0 heterocycles. The third-order valence-electron chi connectivity index (χ3n) is 4.38. The Morgan fingerprint density at radius 3 is 2.14 bits per heavy atom. The molecule has 3 aromatic carbocycles. The van der Waals surface area contributed by atoms with Gasteiger partial charge in [-0.25, -0.2) is 13.2 Å². The van der Waals surface area contributed by atoms with Crippen LogP contribution in [0.25, 0.3) is 0 Å². The number of benzene rings is 3. The van der Waals surface area contributed by atoms with E-state index in [4.69, 9.17) is 0 Å². The van der Waals surface area contributed by atoms with Crippen molar-refractivity contribution < 1.29 is 22.8 Å². The first-order valence-corrected chi connectivity index (χ1v) is 8.94. The summed E-state index contributed by atoms with van der Waals surface area (Å²) >= 11 is 0. The zero-order valence-corrected chi connectivity index (χ0v) is 15.6. The Labute approximate surface area is 166 Å². The molecule has 0 aliphatic carbocycles. The van der Waals surface area contributed by atoms with Crippen LogP contribution in [-0.2, 0) is 17.6 Å². The third kappa shape index (κ3) is 5.31. The molecule has 0 aromatic heterocycles. The molecule has 1 N–H and O–H groups in total. The van der Waals surface area contributed by atoms with Gasteiger partial charge in [0.15, 0.2) is 0 Å². The van der Waals surface area contributed by atoms with Gasteiger partial charge in [0.25, 0.3) is 5.91 Å². The quantitative estimate of drug-likeness (QED) is 0.635. The first-order valence-electron chi connectivity index (χ1n) is 8.94. The first-order chi connectivity index (χ1) is 13.8. The second-order valence-corrected chi connectivity index (χ2v) is 6.77. The number of halogens is 3. The van der Waals surface area contributed by atoms with Crippen LogP contribution in [-0.4, -0.2) is 11.7 Å². The molecular weight excluding hydrogens is 379 g/mol. The van der Waals surface area contributed by atoms with Crippen molar-refractivity contribution in [2.45, 2.75) is 19.8 Å². The molecule has 0 atom stereocenters. The van der Waals surface area contributed by atoms with Gasteiger partial charge in [-0.15, -0.1) is 0 Å². The number of nitrogens with one attached hydrogen (secondary N) is 1. The molecule has 0 aliphatic rings. The molecule has 0 fully saturated rings. The standard InChI is InChI=1S/C23H18F3NO2/c1-14-2-4-15(5-3-14)10-18(28)11-16-6-9-20(25)22(12-16)27-23(29)19-8-7-17(24)13-21(19)26/h2-9,12-13H,10-11H2,1H3,(H,27,29). The van der Waals surface area contributed by atoms with Crippen molar-refractivity contribution in [3.63, 3.8) is 0 Å². The van der Waals surface area contributed by atoms with Gasteiger partial charge in [0.2, 0.25) is 0 Å². The maximum atomic E-state index is 14.1. The minimum Gasteiger partial charge on any atom is -0.319 e. The van der Waals surface area contributed by atoms with Crippen molar-refractivity contribution in [3.05, 3.63) is 100 Å². The van der Waals surface area contributed by atoms with Crippen LogP contribution >= 0.6 is 0 Å². The van der Waals surface area contributed by atoms with Crippen LogP contribution in [0, 0.1) is 24.4 Å². The molecule has 0 saturated carbocycles. The largest absolute Gasteiger partial charge is 0.319 e. The molecule has 3 nitrogen and oxygen atoms in total.